The zero-order valence-corrected chi connectivity index (χ0v) is 18.1. The van der Waals surface area contributed by atoms with Crippen LogP contribution in [-0.4, -0.2) is 43.0 Å². The number of nitrogens with zero attached hydrogens (tertiary/aromatic N) is 1. The molecular weight excluding hydrogens is 376 g/mol. The van der Waals surface area contributed by atoms with Gasteiger partial charge in [0.05, 0.1) is 12.5 Å². The van der Waals surface area contributed by atoms with Crippen molar-refractivity contribution in [2.75, 3.05) is 20.2 Å². The summed E-state index contributed by atoms with van der Waals surface area (Å²) < 4.78 is 5.56. The molecule has 1 fully saturated rings. The molecule has 2 amide bonds. The molecule has 1 saturated heterocycles. The molecule has 5 nitrogen and oxygen atoms in total. The summed E-state index contributed by atoms with van der Waals surface area (Å²) in [4.78, 5) is 27.4. The standard InChI is InChI=1S/C25H32N2O3/c1-3-15-27(19-11-12-20-18(17-19)8-6-10-22(20)30-2)16-7-14-25-13-5-4-9-21(25)23(28)26-24(25)29/h4-6,8-10,19H,3,7,11-17H2,1-2H3,(H,26,28,29). The van der Waals surface area contributed by atoms with E-state index in [-0.39, 0.29) is 11.8 Å². The Bertz CT molecular complexity index is 888. The first kappa shape index (κ1) is 20.9. The Kier molecular flexibility index (Phi) is 6.09. The van der Waals surface area contributed by atoms with E-state index in [4.69, 9.17) is 4.74 Å². The van der Waals surface area contributed by atoms with Crippen LogP contribution in [0.5, 0.6) is 5.75 Å². The maximum absolute atomic E-state index is 12.6. The fraction of sp³-hybridized carbons (Fsp3) is 0.520. The van der Waals surface area contributed by atoms with Crippen molar-refractivity contribution in [3.63, 3.8) is 0 Å². The maximum Gasteiger partial charge on any atom is 0.254 e. The number of nitrogens with one attached hydrogen (secondary N) is 1. The summed E-state index contributed by atoms with van der Waals surface area (Å²) in [5.41, 5.74) is 2.75. The minimum absolute atomic E-state index is 0.121. The third-order valence-electron chi connectivity index (χ3n) is 7.00. The summed E-state index contributed by atoms with van der Waals surface area (Å²) in [6, 6.07) is 6.89. The number of amides is 2. The molecule has 1 aromatic carbocycles. The lowest BCUT2D eigenvalue weighted by molar-refractivity contribution is -0.128. The first-order valence-electron chi connectivity index (χ1n) is 11.2. The molecule has 0 spiro atoms. The number of benzene rings is 1. The van der Waals surface area contributed by atoms with Crippen molar-refractivity contribution in [1.82, 2.24) is 10.2 Å². The van der Waals surface area contributed by atoms with Gasteiger partial charge in [-0.25, -0.2) is 0 Å². The molecule has 5 heteroatoms. The van der Waals surface area contributed by atoms with Crippen molar-refractivity contribution < 1.29 is 14.3 Å². The van der Waals surface area contributed by atoms with Gasteiger partial charge in [0, 0.05) is 11.6 Å². The molecule has 2 aliphatic carbocycles. The largest absolute Gasteiger partial charge is 0.496 e. The smallest absolute Gasteiger partial charge is 0.254 e. The molecule has 1 aromatic rings. The normalized spacial score (nSPS) is 25.0. The minimum Gasteiger partial charge on any atom is -0.496 e. The third kappa shape index (κ3) is 3.71. The Morgan fingerprint density at radius 3 is 2.93 bits per heavy atom. The lowest BCUT2D eigenvalue weighted by atomic mass is 9.73. The van der Waals surface area contributed by atoms with Crippen LogP contribution in [-0.2, 0) is 22.4 Å². The maximum atomic E-state index is 12.6. The Hall–Kier alpha value is -2.40. The van der Waals surface area contributed by atoms with Crippen LogP contribution in [0.3, 0.4) is 0 Å². The van der Waals surface area contributed by atoms with E-state index in [0.29, 0.717) is 18.0 Å². The van der Waals surface area contributed by atoms with E-state index < -0.39 is 5.41 Å². The molecular formula is C25H32N2O3. The molecule has 30 heavy (non-hydrogen) atoms. The van der Waals surface area contributed by atoms with Crippen LogP contribution >= 0.6 is 0 Å². The summed E-state index contributed by atoms with van der Waals surface area (Å²) in [6.07, 6.45) is 12.3. The predicted octanol–water partition coefficient (Wildman–Crippen LogP) is 3.57. The molecule has 0 saturated carbocycles. The number of carbonyl (C=O) groups is 2. The van der Waals surface area contributed by atoms with Crippen molar-refractivity contribution >= 4 is 11.8 Å². The van der Waals surface area contributed by atoms with Gasteiger partial charge < -0.3 is 9.64 Å². The lowest BCUT2D eigenvalue weighted by Crippen LogP contribution is -2.41. The Morgan fingerprint density at radius 2 is 2.13 bits per heavy atom. The number of fused-ring (bicyclic) bond motifs is 2. The van der Waals surface area contributed by atoms with Crippen molar-refractivity contribution in [2.45, 2.75) is 57.9 Å². The van der Waals surface area contributed by atoms with Gasteiger partial charge in [-0.05, 0) is 75.2 Å². The second kappa shape index (κ2) is 8.76. The number of hydrogen-bond donors (Lipinski definition) is 1. The molecule has 4 rings (SSSR count). The van der Waals surface area contributed by atoms with Gasteiger partial charge in [-0.1, -0.05) is 37.3 Å². The average Bonchev–Trinajstić information content (AvgIpc) is 3.02. The predicted molar refractivity (Wildman–Crippen MR) is 117 cm³/mol. The molecule has 1 aliphatic heterocycles. The first-order chi connectivity index (χ1) is 14.6. The van der Waals surface area contributed by atoms with Crippen LogP contribution in [0.25, 0.3) is 0 Å². The number of hydrogen-bond acceptors (Lipinski definition) is 4. The van der Waals surface area contributed by atoms with E-state index in [0.717, 1.165) is 57.4 Å². The molecule has 3 aliphatic rings. The van der Waals surface area contributed by atoms with E-state index in [1.54, 1.807) is 7.11 Å². The minimum atomic E-state index is -0.656. The van der Waals surface area contributed by atoms with Crippen LogP contribution < -0.4 is 10.1 Å². The molecule has 0 radical (unpaired) electrons. The zero-order valence-electron chi connectivity index (χ0n) is 18.1. The third-order valence-corrected chi connectivity index (χ3v) is 7.00. The van der Waals surface area contributed by atoms with E-state index in [1.807, 2.05) is 18.2 Å². The summed E-state index contributed by atoms with van der Waals surface area (Å²) in [6.45, 7) is 4.24. The lowest BCUT2D eigenvalue weighted by Gasteiger charge is -2.36. The van der Waals surface area contributed by atoms with Crippen molar-refractivity contribution in [3.8, 4) is 5.75 Å². The highest BCUT2D eigenvalue weighted by Crippen LogP contribution is 2.43. The summed E-state index contributed by atoms with van der Waals surface area (Å²) >= 11 is 0. The second-order valence-electron chi connectivity index (χ2n) is 8.71. The van der Waals surface area contributed by atoms with Gasteiger partial charge in [0.2, 0.25) is 5.91 Å². The zero-order chi connectivity index (χ0) is 21.1. The molecule has 160 valence electrons. The van der Waals surface area contributed by atoms with Gasteiger partial charge in [0.1, 0.15) is 5.75 Å². The number of allylic oxidation sites excluding steroid dienone is 3. The molecule has 2 unspecified atom stereocenters. The van der Waals surface area contributed by atoms with Crippen molar-refractivity contribution in [2.24, 2.45) is 5.41 Å². The fourth-order valence-electron chi connectivity index (χ4n) is 5.46. The summed E-state index contributed by atoms with van der Waals surface area (Å²) in [5, 5.41) is 2.54. The van der Waals surface area contributed by atoms with Crippen molar-refractivity contribution in [3.05, 3.63) is 53.1 Å². The number of carbonyl (C=O) groups excluding carboxylic acids is 2. The molecule has 0 bridgehead atoms. The first-order valence-corrected chi connectivity index (χ1v) is 11.2. The van der Waals surface area contributed by atoms with Gasteiger partial charge in [-0.15, -0.1) is 0 Å². The SMILES string of the molecule is CCCN(CCCC12CC=CC=C1C(=O)NC2=O)C1CCc2c(cccc2OC)C1. The number of methoxy groups -OCH3 is 1. The van der Waals surface area contributed by atoms with Crippen LogP contribution in [0.1, 0.15) is 50.2 Å². The Morgan fingerprint density at radius 1 is 1.27 bits per heavy atom. The Balaban J connectivity index is 1.42. The highest BCUT2D eigenvalue weighted by Gasteiger charge is 2.50. The molecule has 1 heterocycles. The van der Waals surface area contributed by atoms with Gasteiger partial charge in [-0.2, -0.15) is 0 Å². The number of imide groups is 1. The van der Waals surface area contributed by atoms with E-state index in [1.165, 1.54) is 11.1 Å². The molecule has 1 N–H and O–H groups in total. The van der Waals surface area contributed by atoms with Crippen LogP contribution in [0.15, 0.2) is 42.0 Å². The van der Waals surface area contributed by atoms with E-state index in [9.17, 15) is 9.59 Å². The van der Waals surface area contributed by atoms with Gasteiger partial charge in [-0.3, -0.25) is 14.9 Å². The van der Waals surface area contributed by atoms with Crippen molar-refractivity contribution in [1.29, 1.82) is 0 Å². The van der Waals surface area contributed by atoms with E-state index >= 15 is 0 Å². The van der Waals surface area contributed by atoms with Crippen LogP contribution in [0.2, 0.25) is 0 Å². The van der Waals surface area contributed by atoms with Gasteiger partial charge in [0.25, 0.3) is 5.91 Å². The molecule has 0 aromatic heterocycles. The summed E-state index contributed by atoms with van der Waals surface area (Å²) in [7, 11) is 1.75. The van der Waals surface area contributed by atoms with Gasteiger partial charge >= 0.3 is 0 Å². The quantitative estimate of drug-likeness (QED) is 0.668. The highest BCUT2D eigenvalue weighted by molar-refractivity contribution is 6.17. The Labute approximate surface area is 179 Å². The van der Waals surface area contributed by atoms with Crippen LogP contribution in [0.4, 0.5) is 0 Å². The second-order valence-corrected chi connectivity index (χ2v) is 8.71. The number of ether oxygens (including phenoxy) is 1. The average molecular weight is 409 g/mol. The summed E-state index contributed by atoms with van der Waals surface area (Å²) in [5.74, 6) is 0.671. The fourth-order valence-corrected chi connectivity index (χ4v) is 5.46. The molecule has 2 atom stereocenters. The monoisotopic (exact) mass is 408 g/mol. The number of rotatable bonds is 8. The highest BCUT2D eigenvalue weighted by atomic mass is 16.5. The van der Waals surface area contributed by atoms with E-state index in [2.05, 4.69) is 35.3 Å². The van der Waals surface area contributed by atoms with Crippen LogP contribution in [0, 0.1) is 5.41 Å². The van der Waals surface area contributed by atoms with Gasteiger partial charge in [0.15, 0.2) is 0 Å². The topological polar surface area (TPSA) is 58.6 Å².